The highest BCUT2D eigenvalue weighted by Gasteiger charge is 2.19. The summed E-state index contributed by atoms with van der Waals surface area (Å²) in [5.41, 5.74) is 3.48. The van der Waals surface area contributed by atoms with Crippen LogP contribution in [-0.2, 0) is 11.3 Å². The number of aromatic nitrogens is 3. The molecule has 6 nitrogen and oxygen atoms in total. The van der Waals surface area contributed by atoms with Gasteiger partial charge in [0.05, 0.1) is 12.5 Å². The van der Waals surface area contributed by atoms with E-state index in [1.807, 2.05) is 85.4 Å². The number of benzene rings is 2. The van der Waals surface area contributed by atoms with Gasteiger partial charge >= 0.3 is 0 Å². The fourth-order valence-corrected chi connectivity index (χ4v) is 3.43. The third-order valence-corrected chi connectivity index (χ3v) is 5.09. The lowest BCUT2D eigenvalue weighted by atomic mass is 9.95. The Morgan fingerprint density at radius 3 is 2.53 bits per heavy atom. The summed E-state index contributed by atoms with van der Waals surface area (Å²) in [4.78, 5) is 17.4. The van der Waals surface area contributed by atoms with Gasteiger partial charge in [0.25, 0.3) is 0 Å². The Morgan fingerprint density at radius 1 is 1.10 bits per heavy atom. The second-order valence-corrected chi connectivity index (χ2v) is 7.16. The summed E-state index contributed by atoms with van der Waals surface area (Å²) in [7, 11) is 0. The standard InChI is InChI=1S/C24H24N4O2/c1-3-21(18-8-5-4-6-9-18)23(29)26-20-12-10-19(11-13-20)24-27-22(17(2)30-24)16-28-15-7-14-25-28/h4-15,21H,3,16H2,1-2H3,(H,26,29)/t21-/m1/s1. The van der Waals surface area contributed by atoms with Crippen molar-refractivity contribution >= 4 is 11.6 Å². The number of rotatable bonds is 7. The van der Waals surface area contributed by atoms with Gasteiger partial charge in [0.1, 0.15) is 11.5 Å². The molecule has 30 heavy (non-hydrogen) atoms. The Morgan fingerprint density at radius 2 is 1.87 bits per heavy atom. The highest BCUT2D eigenvalue weighted by Crippen LogP contribution is 2.25. The molecule has 1 N–H and O–H groups in total. The van der Waals surface area contributed by atoms with Crippen molar-refractivity contribution in [3.63, 3.8) is 0 Å². The summed E-state index contributed by atoms with van der Waals surface area (Å²) in [5, 5.41) is 7.23. The number of nitrogens with one attached hydrogen (secondary N) is 1. The van der Waals surface area contributed by atoms with E-state index >= 15 is 0 Å². The van der Waals surface area contributed by atoms with E-state index in [0.717, 1.165) is 34.7 Å². The smallest absolute Gasteiger partial charge is 0.231 e. The number of amides is 1. The maximum atomic E-state index is 12.7. The van der Waals surface area contributed by atoms with Crippen molar-refractivity contribution in [3.05, 3.63) is 90.1 Å². The number of hydrogen-bond donors (Lipinski definition) is 1. The molecule has 0 aliphatic rings. The second-order valence-electron chi connectivity index (χ2n) is 7.16. The monoisotopic (exact) mass is 400 g/mol. The summed E-state index contributed by atoms with van der Waals surface area (Å²) >= 11 is 0. The summed E-state index contributed by atoms with van der Waals surface area (Å²) in [6, 6.07) is 19.3. The van der Waals surface area contributed by atoms with Gasteiger partial charge in [-0.05, 0) is 49.2 Å². The minimum Gasteiger partial charge on any atom is -0.441 e. The van der Waals surface area contributed by atoms with Gasteiger partial charge in [0.15, 0.2) is 0 Å². The van der Waals surface area contributed by atoms with Crippen molar-refractivity contribution in [2.75, 3.05) is 5.32 Å². The first kappa shape index (κ1) is 19.6. The van der Waals surface area contributed by atoms with E-state index < -0.39 is 0 Å². The zero-order valence-electron chi connectivity index (χ0n) is 17.1. The van der Waals surface area contributed by atoms with Crippen molar-refractivity contribution < 1.29 is 9.21 Å². The molecule has 4 aromatic rings. The average molecular weight is 400 g/mol. The molecule has 0 aliphatic heterocycles. The Hall–Kier alpha value is -3.67. The lowest BCUT2D eigenvalue weighted by Gasteiger charge is -2.15. The summed E-state index contributed by atoms with van der Waals surface area (Å²) in [6.07, 6.45) is 4.37. The van der Waals surface area contributed by atoms with E-state index in [-0.39, 0.29) is 11.8 Å². The van der Waals surface area contributed by atoms with E-state index in [1.54, 1.807) is 6.20 Å². The van der Waals surface area contributed by atoms with Crippen LogP contribution in [0.25, 0.3) is 11.5 Å². The zero-order chi connectivity index (χ0) is 20.9. The molecule has 0 bridgehead atoms. The van der Waals surface area contributed by atoms with Gasteiger partial charge < -0.3 is 9.73 Å². The Kier molecular flexibility index (Phi) is 5.75. The highest BCUT2D eigenvalue weighted by molar-refractivity contribution is 5.96. The lowest BCUT2D eigenvalue weighted by molar-refractivity contribution is -0.117. The minimum atomic E-state index is -0.176. The quantitative estimate of drug-likeness (QED) is 0.472. The molecule has 2 heterocycles. The van der Waals surface area contributed by atoms with Crippen molar-refractivity contribution in [2.24, 2.45) is 0 Å². The molecule has 0 spiro atoms. The van der Waals surface area contributed by atoms with E-state index in [9.17, 15) is 4.79 Å². The lowest BCUT2D eigenvalue weighted by Crippen LogP contribution is -2.20. The molecule has 0 aliphatic carbocycles. The van der Waals surface area contributed by atoms with Crippen LogP contribution in [0.5, 0.6) is 0 Å². The van der Waals surface area contributed by atoms with Crippen molar-refractivity contribution in [1.29, 1.82) is 0 Å². The average Bonchev–Trinajstić information content (AvgIpc) is 3.40. The van der Waals surface area contributed by atoms with E-state index in [0.29, 0.717) is 12.4 Å². The summed E-state index contributed by atoms with van der Waals surface area (Å²) in [6.45, 7) is 4.48. The molecular weight excluding hydrogens is 376 g/mol. The van der Waals surface area contributed by atoms with Crippen LogP contribution >= 0.6 is 0 Å². The van der Waals surface area contributed by atoms with Crippen LogP contribution in [0.2, 0.25) is 0 Å². The zero-order valence-corrected chi connectivity index (χ0v) is 17.1. The first-order chi connectivity index (χ1) is 14.6. The number of carbonyl (C=O) groups is 1. The molecule has 0 unspecified atom stereocenters. The van der Waals surface area contributed by atoms with Gasteiger partial charge in [-0.1, -0.05) is 37.3 Å². The molecule has 2 aromatic carbocycles. The molecule has 4 rings (SSSR count). The highest BCUT2D eigenvalue weighted by atomic mass is 16.4. The minimum absolute atomic E-state index is 0.00933. The number of hydrogen-bond acceptors (Lipinski definition) is 4. The Bertz CT molecular complexity index is 1100. The molecule has 6 heteroatoms. The number of anilines is 1. The predicted octanol–water partition coefficient (Wildman–Crippen LogP) is 5.03. The van der Waals surface area contributed by atoms with Crippen molar-refractivity contribution in [3.8, 4) is 11.5 Å². The van der Waals surface area contributed by atoms with Crippen LogP contribution in [0, 0.1) is 6.92 Å². The Balaban J connectivity index is 1.46. The molecule has 0 saturated heterocycles. The number of aryl methyl sites for hydroxylation is 1. The number of carbonyl (C=O) groups excluding carboxylic acids is 1. The second kappa shape index (κ2) is 8.78. The molecule has 0 radical (unpaired) electrons. The molecule has 152 valence electrons. The third kappa shape index (κ3) is 4.33. The van der Waals surface area contributed by atoms with Crippen LogP contribution in [0.1, 0.15) is 36.3 Å². The molecule has 0 saturated carbocycles. The fourth-order valence-electron chi connectivity index (χ4n) is 3.43. The first-order valence-electron chi connectivity index (χ1n) is 10.0. The molecule has 1 amide bonds. The fraction of sp³-hybridized carbons (Fsp3) is 0.208. The topological polar surface area (TPSA) is 73.0 Å². The van der Waals surface area contributed by atoms with Gasteiger partial charge in [-0.25, -0.2) is 4.98 Å². The molecule has 1 atom stereocenters. The number of oxazole rings is 1. The molecule has 0 fully saturated rings. The van der Waals surface area contributed by atoms with Crippen molar-refractivity contribution in [2.45, 2.75) is 32.7 Å². The first-order valence-corrected chi connectivity index (χ1v) is 10.0. The normalized spacial score (nSPS) is 11.9. The van der Waals surface area contributed by atoms with Gasteiger partial charge in [0.2, 0.25) is 11.8 Å². The van der Waals surface area contributed by atoms with E-state index in [4.69, 9.17) is 4.42 Å². The predicted molar refractivity (Wildman–Crippen MR) is 116 cm³/mol. The maximum absolute atomic E-state index is 12.7. The van der Waals surface area contributed by atoms with Crippen LogP contribution in [0.4, 0.5) is 5.69 Å². The SMILES string of the molecule is CC[C@@H](C(=O)Nc1ccc(-c2nc(Cn3cccn3)c(C)o2)cc1)c1ccccc1. The third-order valence-electron chi connectivity index (χ3n) is 5.09. The largest absolute Gasteiger partial charge is 0.441 e. The molecule has 2 aromatic heterocycles. The van der Waals surface area contributed by atoms with E-state index in [2.05, 4.69) is 15.4 Å². The Labute approximate surface area is 175 Å². The number of nitrogens with zero attached hydrogens (tertiary/aromatic N) is 3. The van der Waals surface area contributed by atoms with Gasteiger partial charge in [-0.2, -0.15) is 5.10 Å². The van der Waals surface area contributed by atoms with Crippen LogP contribution in [-0.4, -0.2) is 20.7 Å². The van der Waals surface area contributed by atoms with E-state index in [1.165, 1.54) is 0 Å². The van der Waals surface area contributed by atoms with Crippen molar-refractivity contribution in [1.82, 2.24) is 14.8 Å². The summed E-state index contributed by atoms with van der Waals surface area (Å²) in [5.74, 6) is 1.14. The van der Waals surface area contributed by atoms with Gasteiger partial charge in [-0.15, -0.1) is 0 Å². The van der Waals surface area contributed by atoms with Crippen LogP contribution in [0.15, 0.2) is 77.5 Å². The van der Waals surface area contributed by atoms with Gasteiger partial charge in [0, 0.05) is 23.6 Å². The van der Waals surface area contributed by atoms with Crippen LogP contribution in [0.3, 0.4) is 0 Å². The van der Waals surface area contributed by atoms with Gasteiger partial charge in [-0.3, -0.25) is 9.48 Å². The molecular formula is C24H24N4O2. The maximum Gasteiger partial charge on any atom is 0.231 e. The van der Waals surface area contributed by atoms with Crippen LogP contribution < -0.4 is 5.32 Å². The summed E-state index contributed by atoms with van der Waals surface area (Å²) < 4.78 is 7.65.